The fourth-order valence-corrected chi connectivity index (χ4v) is 1.99. The highest BCUT2D eigenvalue weighted by molar-refractivity contribution is 8.04. The van der Waals surface area contributed by atoms with Crippen molar-refractivity contribution >= 4 is 29.8 Å². The smallest absolute Gasteiger partial charge is 0.342 e. The summed E-state index contributed by atoms with van der Waals surface area (Å²) in [6.07, 6.45) is 4.92. The summed E-state index contributed by atoms with van der Waals surface area (Å²) in [6.45, 7) is 2.00. The second-order valence-electron chi connectivity index (χ2n) is 3.70. The van der Waals surface area contributed by atoms with Crippen LogP contribution in [0.4, 0.5) is 0 Å². The molecule has 0 aliphatic heterocycles. The number of carboxylic acids is 1. The van der Waals surface area contributed by atoms with E-state index in [1.807, 2.05) is 30.3 Å². The first-order valence-corrected chi connectivity index (χ1v) is 7.07. The minimum atomic E-state index is -1.06. The Hall–Kier alpha value is -2.01. The van der Waals surface area contributed by atoms with Crippen LogP contribution in [-0.4, -0.2) is 29.4 Å². The highest BCUT2D eigenvalue weighted by atomic mass is 32.2. The molecule has 106 valence electrons. The average molecular weight is 292 g/mol. The van der Waals surface area contributed by atoms with E-state index in [1.54, 1.807) is 19.1 Å². The summed E-state index contributed by atoms with van der Waals surface area (Å²) in [5, 5.41) is 9.04. The van der Waals surface area contributed by atoms with Gasteiger partial charge >= 0.3 is 11.9 Å². The van der Waals surface area contributed by atoms with Crippen LogP contribution in [-0.2, 0) is 14.3 Å². The summed E-state index contributed by atoms with van der Waals surface area (Å²) in [4.78, 5) is 22.3. The minimum Gasteiger partial charge on any atom is -0.477 e. The second kappa shape index (κ2) is 8.98. The number of carbonyl (C=O) groups excluding carboxylic acids is 1. The van der Waals surface area contributed by atoms with Crippen LogP contribution in [0.3, 0.4) is 0 Å². The molecule has 0 radical (unpaired) electrons. The molecule has 4 nitrogen and oxygen atoms in total. The van der Waals surface area contributed by atoms with Gasteiger partial charge in [-0.3, -0.25) is 4.79 Å². The lowest BCUT2D eigenvalue weighted by Crippen LogP contribution is -2.08. The van der Waals surface area contributed by atoms with Crippen molar-refractivity contribution in [2.45, 2.75) is 6.92 Å². The first kappa shape index (κ1) is 16.0. The van der Waals surface area contributed by atoms with Crippen LogP contribution in [0.15, 0.2) is 47.4 Å². The van der Waals surface area contributed by atoms with E-state index in [9.17, 15) is 9.59 Å². The van der Waals surface area contributed by atoms with Gasteiger partial charge in [-0.1, -0.05) is 42.5 Å². The third-order valence-corrected chi connectivity index (χ3v) is 3.20. The molecule has 1 N–H and O–H groups in total. The zero-order valence-electron chi connectivity index (χ0n) is 11.1. The lowest BCUT2D eigenvalue weighted by Gasteiger charge is -2.01. The number of benzene rings is 1. The number of hydrogen-bond acceptors (Lipinski definition) is 4. The van der Waals surface area contributed by atoms with Crippen LogP contribution in [0.1, 0.15) is 12.5 Å². The predicted molar refractivity (Wildman–Crippen MR) is 80.3 cm³/mol. The number of thioether (sulfide) groups is 1. The molecule has 0 saturated heterocycles. The fourth-order valence-electron chi connectivity index (χ4n) is 1.33. The van der Waals surface area contributed by atoms with Gasteiger partial charge in [-0.25, -0.2) is 4.79 Å². The Bertz CT molecular complexity index is 506. The predicted octanol–water partition coefficient (Wildman–Crippen LogP) is 2.96. The van der Waals surface area contributed by atoms with Crippen LogP contribution in [0.5, 0.6) is 0 Å². The molecular weight excluding hydrogens is 276 g/mol. The lowest BCUT2D eigenvalue weighted by atomic mass is 10.2. The number of rotatable bonds is 7. The number of carbonyl (C=O) groups is 2. The van der Waals surface area contributed by atoms with E-state index >= 15 is 0 Å². The van der Waals surface area contributed by atoms with E-state index in [2.05, 4.69) is 0 Å². The van der Waals surface area contributed by atoms with Crippen molar-refractivity contribution in [2.24, 2.45) is 0 Å². The van der Waals surface area contributed by atoms with E-state index < -0.39 is 11.9 Å². The molecule has 1 aromatic rings. The molecule has 0 saturated carbocycles. The van der Waals surface area contributed by atoms with Crippen molar-refractivity contribution in [3.8, 4) is 0 Å². The maximum Gasteiger partial charge on any atom is 0.342 e. The molecule has 0 bridgehead atoms. The van der Waals surface area contributed by atoms with Gasteiger partial charge in [0.1, 0.15) is 0 Å². The molecule has 0 aromatic heterocycles. The summed E-state index contributed by atoms with van der Waals surface area (Å²) >= 11 is 0.949. The number of hydrogen-bond donors (Lipinski definition) is 1. The molecule has 0 fully saturated rings. The van der Waals surface area contributed by atoms with Gasteiger partial charge in [-0.15, -0.1) is 11.8 Å². The van der Waals surface area contributed by atoms with Crippen LogP contribution in [0, 0.1) is 0 Å². The maximum absolute atomic E-state index is 11.2. The molecule has 5 heteroatoms. The van der Waals surface area contributed by atoms with Crippen LogP contribution in [0.2, 0.25) is 0 Å². The molecule has 1 rings (SSSR count). The van der Waals surface area contributed by atoms with Crippen molar-refractivity contribution in [3.63, 3.8) is 0 Å². The maximum atomic E-state index is 11.2. The van der Waals surface area contributed by atoms with Gasteiger partial charge in [0.2, 0.25) is 0 Å². The van der Waals surface area contributed by atoms with Crippen LogP contribution < -0.4 is 0 Å². The SMILES string of the molecule is CCOC(=O)CS/C(=C\C=C\c1ccccc1)C(=O)O. The Balaban J connectivity index is 2.62. The van der Waals surface area contributed by atoms with Gasteiger partial charge < -0.3 is 9.84 Å². The first-order valence-electron chi connectivity index (χ1n) is 6.08. The quantitative estimate of drug-likeness (QED) is 0.475. The van der Waals surface area contributed by atoms with Crippen molar-refractivity contribution in [3.05, 3.63) is 53.0 Å². The van der Waals surface area contributed by atoms with Crippen molar-refractivity contribution < 1.29 is 19.4 Å². The minimum absolute atomic E-state index is 0.00878. The molecule has 0 amide bonds. The Morgan fingerprint density at radius 3 is 2.60 bits per heavy atom. The number of aliphatic carboxylic acids is 1. The topological polar surface area (TPSA) is 63.6 Å². The number of esters is 1. The van der Waals surface area contributed by atoms with Gasteiger partial charge in [0.05, 0.1) is 17.3 Å². The van der Waals surface area contributed by atoms with Crippen molar-refractivity contribution in [1.82, 2.24) is 0 Å². The standard InChI is InChI=1S/C15H16O4S/c1-2-19-14(16)11-20-13(15(17)18)10-6-9-12-7-4-3-5-8-12/h3-10H,2,11H2,1H3,(H,17,18)/b9-6+,13-10-. The van der Waals surface area contributed by atoms with Gasteiger partial charge in [-0.05, 0) is 18.6 Å². The van der Waals surface area contributed by atoms with E-state index in [4.69, 9.17) is 9.84 Å². The van der Waals surface area contributed by atoms with Crippen LogP contribution in [0.25, 0.3) is 6.08 Å². The molecular formula is C15H16O4S. The van der Waals surface area contributed by atoms with Crippen molar-refractivity contribution in [1.29, 1.82) is 0 Å². The Labute approximate surface area is 122 Å². The molecule has 0 unspecified atom stereocenters. The highest BCUT2D eigenvalue weighted by Crippen LogP contribution is 2.16. The Kier molecular flexibility index (Phi) is 7.21. The summed E-state index contributed by atoms with van der Waals surface area (Å²) in [5.74, 6) is -1.49. The zero-order valence-corrected chi connectivity index (χ0v) is 11.9. The average Bonchev–Trinajstić information content (AvgIpc) is 2.43. The fraction of sp³-hybridized carbons (Fsp3) is 0.200. The zero-order chi connectivity index (χ0) is 14.8. The molecule has 20 heavy (non-hydrogen) atoms. The molecule has 0 aliphatic rings. The lowest BCUT2D eigenvalue weighted by molar-refractivity contribution is -0.139. The summed E-state index contributed by atoms with van der Waals surface area (Å²) in [7, 11) is 0. The van der Waals surface area contributed by atoms with E-state index in [-0.39, 0.29) is 10.7 Å². The third-order valence-electron chi connectivity index (χ3n) is 2.20. The largest absolute Gasteiger partial charge is 0.477 e. The second-order valence-corrected chi connectivity index (χ2v) is 4.72. The molecule has 0 aliphatic carbocycles. The Morgan fingerprint density at radius 1 is 1.30 bits per heavy atom. The van der Waals surface area contributed by atoms with Gasteiger partial charge in [0.25, 0.3) is 0 Å². The third kappa shape index (κ3) is 6.24. The summed E-state index contributed by atoms with van der Waals surface area (Å²) in [5.41, 5.74) is 0.976. The van der Waals surface area contributed by atoms with Crippen LogP contribution >= 0.6 is 11.8 Å². The van der Waals surface area contributed by atoms with Gasteiger partial charge in [0.15, 0.2) is 0 Å². The number of carboxylic acid groups (broad SMARTS) is 1. The highest BCUT2D eigenvalue weighted by Gasteiger charge is 2.10. The number of ether oxygens (including phenoxy) is 1. The van der Waals surface area contributed by atoms with Gasteiger partial charge in [-0.2, -0.15) is 0 Å². The molecule has 1 aromatic carbocycles. The Morgan fingerprint density at radius 2 is 2.00 bits per heavy atom. The van der Waals surface area contributed by atoms with E-state index in [1.165, 1.54) is 6.08 Å². The summed E-state index contributed by atoms with van der Waals surface area (Å²) in [6, 6.07) is 9.53. The molecule has 0 heterocycles. The summed E-state index contributed by atoms with van der Waals surface area (Å²) < 4.78 is 4.75. The monoisotopic (exact) mass is 292 g/mol. The van der Waals surface area contributed by atoms with E-state index in [0.29, 0.717) is 6.61 Å². The van der Waals surface area contributed by atoms with E-state index in [0.717, 1.165) is 17.3 Å². The molecule has 0 atom stereocenters. The normalized spacial score (nSPS) is 11.6. The number of allylic oxidation sites excluding steroid dienone is 2. The van der Waals surface area contributed by atoms with Gasteiger partial charge in [0, 0.05) is 0 Å². The first-order chi connectivity index (χ1) is 9.63. The molecule has 0 spiro atoms. The van der Waals surface area contributed by atoms with Crippen molar-refractivity contribution in [2.75, 3.05) is 12.4 Å².